The molecule has 0 radical (unpaired) electrons. The molecule has 0 unspecified atom stereocenters. The Morgan fingerprint density at radius 2 is 2.00 bits per heavy atom. The number of para-hydroxylation sites is 2. The van der Waals surface area contributed by atoms with Crippen LogP contribution in [0.15, 0.2) is 24.3 Å². The third-order valence-electron chi connectivity index (χ3n) is 3.95. The number of H-pyrrole nitrogens is 1. The smallest absolute Gasteiger partial charge is 0.134 e. The Hall–Kier alpha value is -2.12. The fraction of sp³-hybridized carbons (Fsp3) is 0.200. The van der Waals surface area contributed by atoms with Crippen LogP contribution in [0.4, 0.5) is 0 Å². The molecule has 0 fully saturated rings. The van der Waals surface area contributed by atoms with Crippen LogP contribution in [0.5, 0.6) is 0 Å². The van der Waals surface area contributed by atoms with Gasteiger partial charge in [-0.25, -0.2) is 0 Å². The summed E-state index contributed by atoms with van der Waals surface area (Å²) in [5.41, 5.74) is 6.02. The van der Waals surface area contributed by atoms with Gasteiger partial charge in [-0.2, -0.15) is 5.26 Å². The van der Waals surface area contributed by atoms with E-state index in [-0.39, 0.29) is 0 Å². The van der Waals surface area contributed by atoms with Gasteiger partial charge in [0.15, 0.2) is 0 Å². The van der Waals surface area contributed by atoms with Crippen molar-refractivity contribution in [2.75, 3.05) is 0 Å². The number of nitriles is 1. The zero-order chi connectivity index (χ0) is 13.0. The lowest BCUT2D eigenvalue weighted by Crippen LogP contribution is -1.99. The van der Waals surface area contributed by atoms with Gasteiger partial charge in [-0.1, -0.05) is 24.4 Å². The van der Waals surface area contributed by atoms with E-state index in [0.717, 1.165) is 51.7 Å². The molecule has 3 nitrogen and oxygen atoms in total. The molecule has 4 rings (SSSR count). The van der Waals surface area contributed by atoms with E-state index in [4.69, 9.17) is 12.2 Å². The van der Waals surface area contributed by atoms with Crippen molar-refractivity contribution in [3.63, 3.8) is 0 Å². The summed E-state index contributed by atoms with van der Waals surface area (Å²) >= 11 is 5.64. The number of nitrogens with zero attached hydrogens (tertiary/aromatic N) is 2. The molecular formula is C15H11N3S. The fourth-order valence-electron chi connectivity index (χ4n) is 3.12. The van der Waals surface area contributed by atoms with Gasteiger partial charge < -0.3 is 4.98 Å². The molecule has 2 aromatic heterocycles. The first-order chi connectivity index (χ1) is 9.31. The van der Waals surface area contributed by atoms with Gasteiger partial charge >= 0.3 is 0 Å². The van der Waals surface area contributed by atoms with Crippen LogP contribution in [0.3, 0.4) is 0 Å². The molecule has 0 spiro atoms. The summed E-state index contributed by atoms with van der Waals surface area (Å²) in [6.45, 7) is 0. The third-order valence-corrected chi connectivity index (χ3v) is 4.38. The summed E-state index contributed by atoms with van der Waals surface area (Å²) in [6.07, 6.45) is 3.05. The van der Waals surface area contributed by atoms with Gasteiger partial charge in [-0.3, -0.25) is 4.40 Å². The monoisotopic (exact) mass is 265 g/mol. The van der Waals surface area contributed by atoms with Gasteiger partial charge in [0.2, 0.25) is 0 Å². The number of aromatic amines is 1. The highest BCUT2D eigenvalue weighted by Gasteiger charge is 2.22. The van der Waals surface area contributed by atoms with Gasteiger partial charge in [0.05, 0.1) is 16.6 Å². The van der Waals surface area contributed by atoms with Crippen molar-refractivity contribution in [3.05, 3.63) is 45.6 Å². The molecule has 1 aromatic carbocycles. The van der Waals surface area contributed by atoms with Crippen molar-refractivity contribution < 1.29 is 0 Å². The molecule has 0 amide bonds. The number of hydrogen-bond acceptors (Lipinski definition) is 2. The van der Waals surface area contributed by atoms with Crippen LogP contribution < -0.4 is 0 Å². The van der Waals surface area contributed by atoms with Crippen LogP contribution in [-0.4, -0.2) is 9.38 Å². The lowest BCUT2D eigenvalue weighted by atomic mass is 10.1. The number of pyridine rings is 1. The van der Waals surface area contributed by atoms with Crippen LogP contribution in [-0.2, 0) is 12.8 Å². The molecule has 4 heteroatoms. The molecule has 92 valence electrons. The Morgan fingerprint density at radius 1 is 1.21 bits per heavy atom. The molecule has 2 heterocycles. The lowest BCUT2D eigenvalue weighted by molar-refractivity contribution is 0.908. The second-order valence-corrected chi connectivity index (χ2v) is 5.32. The Morgan fingerprint density at radius 3 is 2.84 bits per heavy atom. The predicted molar refractivity (Wildman–Crippen MR) is 76.8 cm³/mol. The van der Waals surface area contributed by atoms with E-state index < -0.39 is 0 Å². The first kappa shape index (κ1) is 10.8. The first-order valence-electron chi connectivity index (χ1n) is 6.38. The minimum atomic E-state index is 0.761. The Labute approximate surface area is 115 Å². The quantitative estimate of drug-likeness (QED) is 0.632. The van der Waals surface area contributed by atoms with Gasteiger partial charge in [-0.15, -0.1) is 0 Å². The summed E-state index contributed by atoms with van der Waals surface area (Å²) < 4.78 is 2.88. The summed E-state index contributed by atoms with van der Waals surface area (Å²) in [5, 5.41) is 9.50. The van der Waals surface area contributed by atoms with E-state index in [1.165, 1.54) is 5.56 Å². The topological polar surface area (TPSA) is 44.0 Å². The number of aromatic nitrogens is 2. The normalized spacial score (nSPS) is 13.8. The Kier molecular flexibility index (Phi) is 2.09. The largest absolute Gasteiger partial charge is 0.338 e. The van der Waals surface area contributed by atoms with Gasteiger partial charge in [0.25, 0.3) is 0 Å². The van der Waals surface area contributed by atoms with E-state index in [0.29, 0.717) is 0 Å². The van der Waals surface area contributed by atoms with E-state index in [9.17, 15) is 5.26 Å². The SMILES string of the molecule is N#Cc1c2c(c(=S)n3c1[nH]c1ccccc13)CCC2. The second kappa shape index (κ2) is 3.69. The first-order valence-corrected chi connectivity index (χ1v) is 6.79. The average Bonchev–Trinajstić information content (AvgIpc) is 3.03. The minimum absolute atomic E-state index is 0.761. The van der Waals surface area contributed by atoms with Crippen LogP contribution >= 0.6 is 12.2 Å². The zero-order valence-electron chi connectivity index (χ0n) is 10.2. The van der Waals surface area contributed by atoms with Crippen molar-refractivity contribution in [2.24, 2.45) is 0 Å². The highest BCUT2D eigenvalue weighted by molar-refractivity contribution is 7.71. The van der Waals surface area contributed by atoms with E-state index in [2.05, 4.69) is 11.1 Å². The standard InChI is InChI=1S/C15H11N3S/c16-8-11-9-4-3-5-10(9)15(19)18-13-7-2-1-6-12(13)17-14(11)18/h1-2,6-7,17H,3-5H2. The minimum Gasteiger partial charge on any atom is -0.338 e. The highest BCUT2D eigenvalue weighted by Crippen LogP contribution is 2.31. The molecule has 0 saturated heterocycles. The number of hydrogen-bond donors (Lipinski definition) is 1. The Balaban J connectivity index is 2.35. The number of rotatable bonds is 0. The molecule has 1 aliphatic carbocycles. The summed E-state index contributed by atoms with van der Waals surface area (Å²) in [4.78, 5) is 3.34. The lowest BCUT2D eigenvalue weighted by Gasteiger charge is -2.06. The van der Waals surface area contributed by atoms with Crippen LogP contribution in [0, 0.1) is 16.0 Å². The van der Waals surface area contributed by atoms with Crippen molar-refractivity contribution in [3.8, 4) is 6.07 Å². The van der Waals surface area contributed by atoms with E-state index in [1.54, 1.807) is 0 Å². The molecule has 19 heavy (non-hydrogen) atoms. The summed E-state index contributed by atoms with van der Waals surface area (Å²) in [7, 11) is 0. The van der Waals surface area contributed by atoms with Gasteiger partial charge in [0, 0.05) is 0 Å². The molecule has 1 N–H and O–H groups in total. The molecule has 0 saturated carbocycles. The zero-order valence-corrected chi connectivity index (χ0v) is 11.0. The van der Waals surface area contributed by atoms with Crippen molar-refractivity contribution >= 4 is 28.9 Å². The van der Waals surface area contributed by atoms with Crippen LogP contribution in [0.25, 0.3) is 16.7 Å². The number of imidazole rings is 1. The number of nitrogens with one attached hydrogen (secondary N) is 1. The highest BCUT2D eigenvalue weighted by atomic mass is 32.1. The summed E-state index contributed by atoms with van der Waals surface area (Å²) in [6, 6.07) is 10.4. The molecule has 3 aromatic rings. The molecule has 0 atom stereocenters. The van der Waals surface area contributed by atoms with Gasteiger partial charge in [0.1, 0.15) is 16.4 Å². The Bertz CT molecular complexity index is 924. The molecule has 0 bridgehead atoms. The van der Waals surface area contributed by atoms with Crippen molar-refractivity contribution in [2.45, 2.75) is 19.3 Å². The van der Waals surface area contributed by atoms with Crippen molar-refractivity contribution in [1.82, 2.24) is 9.38 Å². The molecule has 1 aliphatic rings. The van der Waals surface area contributed by atoms with Gasteiger partial charge in [-0.05, 0) is 42.5 Å². The second-order valence-electron chi connectivity index (χ2n) is 4.93. The van der Waals surface area contributed by atoms with Crippen molar-refractivity contribution in [1.29, 1.82) is 5.26 Å². The number of fused-ring (bicyclic) bond motifs is 4. The maximum atomic E-state index is 9.50. The molecule has 0 aliphatic heterocycles. The summed E-state index contributed by atoms with van der Waals surface area (Å²) in [5.74, 6) is 0. The predicted octanol–water partition coefficient (Wildman–Crippen LogP) is 3.51. The fourth-order valence-corrected chi connectivity index (χ4v) is 3.53. The average molecular weight is 265 g/mol. The van der Waals surface area contributed by atoms with Crippen LogP contribution in [0.2, 0.25) is 0 Å². The van der Waals surface area contributed by atoms with E-state index >= 15 is 0 Å². The molecular weight excluding hydrogens is 254 g/mol. The van der Waals surface area contributed by atoms with E-state index in [1.807, 2.05) is 28.7 Å². The van der Waals surface area contributed by atoms with Crippen LogP contribution in [0.1, 0.15) is 23.1 Å². The maximum absolute atomic E-state index is 9.50. The maximum Gasteiger partial charge on any atom is 0.134 e. The number of benzene rings is 1. The third kappa shape index (κ3) is 1.28.